The first-order chi connectivity index (χ1) is 9.33. The smallest absolute Gasteiger partial charge is 0.340 e. The highest BCUT2D eigenvalue weighted by Gasteiger charge is 2.16. The first-order valence-corrected chi connectivity index (χ1v) is 6.53. The quantitative estimate of drug-likeness (QED) is 0.841. The van der Waals surface area contributed by atoms with Gasteiger partial charge >= 0.3 is 5.97 Å². The Kier molecular flexibility index (Phi) is 5.70. The summed E-state index contributed by atoms with van der Waals surface area (Å²) in [4.78, 5) is 23.6. The minimum Gasteiger partial charge on any atom is -0.462 e. The second-order valence-corrected chi connectivity index (χ2v) is 5.22. The van der Waals surface area contributed by atoms with E-state index < -0.39 is 11.6 Å². The molecule has 0 fully saturated rings. The molecule has 5 nitrogen and oxygen atoms in total. The molecule has 0 radical (unpaired) electrons. The maximum absolute atomic E-state index is 11.8. The zero-order valence-electron chi connectivity index (χ0n) is 12.4. The molecule has 1 N–H and O–H groups in total. The number of hydrogen-bond donors (Lipinski definition) is 1. The van der Waals surface area contributed by atoms with Crippen molar-refractivity contribution in [3.63, 3.8) is 0 Å². The Morgan fingerprint density at radius 2 is 1.85 bits per heavy atom. The second kappa shape index (κ2) is 7.05. The van der Waals surface area contributed by atoms with E-state index in [2.05, 4.69) is 5.32 Å². The Bertz CT molecular complexity index is 477. The van der Waals surface area contributed by atoms with Crippen molar-refractivity contribution in [2.24, 2.45) is 0 Å². The lowest BCUT2D eigenvalue weighted by Gasteiger charge is -2.19. The number of nitrogens with one attached hydrogen (secondary N) is 1. The predicted octanol–water partition coefficient (Wildman–Crippen LogP) is 2.62. The van der Waals surface area contributed by atoms with Gasteiger partial charge in [0.1, 0.15) is 6.61 Å². The monoisotopic (exact) mass is 279 g/mol. The lowest BCUT2D eigenvalue weighted by Crippen LogP contribution is -2.27. The molecule has 1 aromatic rings. The standard InChI is InChI=1S/C15H21NO4/c1-5-19-14(18)11-8-6-7-9-12(11)16-13(17)10-20-15(2,3)4/h6-9H,5,10H2,1-4H3,(H,16,17). The van der Waals surface area contributed by atoms with Gasteiger partial charge < -0.3 is 14.8 Å². The van der Waals surface area contributed by atoms with Crippen LogP contribution in [0.4, 0.5) is 5.69 Å². The molecule has 1 aromatic carbocycles. The van der Waals surface area contributed by atoms with E-state index in [1.165, 1.54) is 0 Å². The molecule has 20 heavy (non-hydrogen) atoms. The van der Waals surface area contributed by atoms with Gasteiger partial charge in [0.15, 0.2) is 0 Å². The van der Waals surface area contributed by atoms with Crippen LogP contribution in [0, 0.1) is 0 Å². The zero-order chi connectivity index (χ0) is 15.2. The third-order valence-electron chi connectivity index (χ3n) is 2.33. The van der Waals surface area contributed by atoms with E-state index >= 15 is 0 Å². The molecule has 0 atom stereocenters. The Morgan fingerprint density at radius 3 is 2.45 bits per heavy atom. The van der Waals surface area contributed by atoms with Crippen LogP contribution in [-0.4, -0.2) is 30.7 Å². The number of anilines is 1. The third kappa shape index (κ3) is 5.40. The van der Waals surface area contributed by atoms with E-state index in [9.17, 15) is 9.59 Å². The molecule has 0 aliphatic heterocycles. The molecule has 0 aliphatic carbocycles. The first-order valence-electron chi connectivity index (χ1n) is 6.53. The third-order valence-corrected chi connectivity index (χ3v) is 2.33. The highest BCUT2D eigenvalue weighted by molar-refractivity contribution is 6.01. The largest absolute Gasteiger partial charge is 0.462 e. The number of ether oxygens (including phenoxy) is 2. The van der Waals surface area contributed by atoms with Crippen molar-refractivity contribution < 1.29 is 19.1 Å². The van der Waals surface area contributed by atoms with Crippen LogP contribution in [-0.2, 0) is 14.3 Å². The van der Waals surface area contributed by atoms with Gasteiger partial charge in [0.25, 0.3) is 0 Å². The van der Waals surface area contributed by atoms with Crippen LogP contribution in [0.1, 0.15) is 38.1 Å². The van der Waals surface area contributed by atoms with Crippen molar-refractivity contribution in [1.29, 1.82) is 0 Å². The maximum atomic E-state index is 11.8. The van der Waals surface area contributed by atoms with Gasteiger partial charge in [-0.25, -0.2) is 4.79 Å². The number of rotatable bonds is 5. The van der Waals surface area contributed by atoms with Crippen molar-refractivity contribution in [2.45, 2.75) is 33.3 Å². The van der Waals surface area contributed by atoms with Gasteiger partial charge in [-0.3, -0.25) is 4.79 Å². The van der Waals surface area contributed by atoms with Crippen molar-refractivity contribution in [2.75, 3.05) is 18.5 Å². The van der Waals surface area contributed by atoms with E-state index in [0.29, 0.717) is 11.3 Å². The number of carbonyl (C=O) groups is 2. The molecule has 1 amide bonds. The maximum Gasteiger partial charge on any atom is 0.340 e. The fourth-order valence-corrected chi connectivity index (χ4v) is 1.45. The molecule has 0 saturated heterocycles. The SMILES string of the molecule is CCOC(=O)c1ccccc1NC(=O)COC(C)(C)C. The summed E-state index contributed by atoms with van der Waals surface area (Å²) < 4.78 is 10.3. The summed E-state index contributed by atoms with van der Waals surface area (Å²) in [5.41, 5.74) is 0.366. The highest BCUT2D eigenvalue weighted by atomic mass is 16.5. The normalized spacial score (nSPS) is 11.0. The molecular formula is C15H21NO4. The van der Waals surface area contributed by atoms with Gasteiger partial charge in [-0.05, 0) is 39.8 Å². The summed E-state index contributed by atoms with van der Waals surface area (Å²) >= 11 is 0. The molecule has 0 bridgehead atoms. The summed E-state index contributed by atoms with van der Waals surface area (Å²) in [7, 11) is 0. The van der Waals surface area contributed by atoms with Crippen LogP contribution in [0.3, 0.4) is 0 Å². The second-order valence-electron chi connectivity index (χ2n) is 5.22. The minimum absolute atomic E-state index is 0.0688. The van der Waals surface area contributed by atoms with Gasteiger partial charge in [0.05, 0.1) is 23.5 Å². The average molecular weight is 279 g/mol. The van der Waals surface area contributed by atoms with Gasteiger partial charge in [-0.1, -0.05) is 12.1 Å². The van der Waals surface area contributed by atoms with E-state index in [1.807, 2.05) is 20.8 Å². The highest BCUT2D eigenvalue weighted by Crippen LogP contribution is 2.16. The van der Waals surface area contributed by atoms with E-state index in [4.69, 9.17) is 9.47 Å². The van der Waals surface area contributed by atoms with Crippen LogP contribution in [0.5, 0.6) is 0 Å². The van der Waals surface area contributed by atoms with Gasteiger partial charge in [-0.2, -0.15) is 0 Å². The first kappa shape index (κ1) is 16.2. The summed E-state index contributed by atoms with van der Waals surface area (Å²) in [6.45, 7) is 7.55. The van der Waals surface area contributed by atoms with Crippen molar-refractivity contribution in [1.82, 2.24) is 0 Å². The van der Waals surface area contributed by atoms with Gasteiger partial charge in [0.2, 0.25) is 5.91 Å². The number of hydrogen-bond acceptors (Lipinski definition) is 4. The van der Waals surface area contributed by atoms with Gasteiger partial charge in [0, 0.05) is 0 Å². The number of para-hydroxylation sites is 1. The van der Waals surface area contributed by atoms with E-state index in [1.54, 1.807) is 31.2 Å². The summed E-state index contributed by atoms with van der Waals surface area (Å²) in [6.07, 6.45) is 0. The van der Waals surface area contributed by atoms with E-state index in [0.717, 1.165) is 0 Å². The van der Waals surface area contributed by atoms with Crippen LogP contribution in [0.25, 0.3) is 0 Å². The number of amides is 1. The molecule has 0 heterocycles. The van der Waals surface area contributed by atoms with Crippen molar-refractivity contribution in [3.8, 4) is 0 Å². The molecule has 0 unspecified atom stereocenters. The molecule has 1 rings (SSSR count). The Morgan fingerprint density at radius 1 is 1.20 bits per heavy atom. The van der Waals surface area contributed by atoms with Crippen LogP contribution < -0.4 is 5.32 Å². The minimum atomic E-state index is -0.458. The van der Waals surface area contributed by atoms with Crippen LogP contribution in [0.2, 0.25) is 0 Å². The Balaban J connectivity index is 2.72. The number of esters is 1. The lowest BCUT2D eigenvalue weighted by molar-refractivity contribution is -0.125. The number of benzene rings is 1. The van der Waals surface area contributed by atoms with Crippen molar-refractivity contribution >= 4 is 17.6 Å². The molecule has 0 saturated carbocycles. The van der Waals surface area contributed by atoms with Crippen LogP contribution >= 0.6 is 0 Å². The van der Waals surface area contributed by atoms with Crippen LogP contribution in [0.15, 0.2) is 24.3 Å². The molecule has 5 heteroatoms. The fourth-order valence-electron chi connectivity index (χ4n) is 1.45. The molecule has 110 valence electrons. The summed E-state index contributed by atoms with van der Waals surface area (Å²) in [6, 6.07) is 6.72. The Hall–Kier alpha value is -1.88. The Labute approximate surface area is 119 Å². The zero-order valence-corrected chi connectivity index (χ0v) is 12.4. The lowest BCUT2D eigenvalue weighted by atomic mass is 10.2. The van der Waals surface area contributed by atoms with Crippen molar-refractivity contribution in [3.05, 3.63) is 29.8 Å². The fraction of sp³-hybridized carbons (Fsp3) is 0.467. The molecule has 0 aliphatic rings. The number of carbonyl (C=O) groups excluding carboxylic acids is 2. The molecule has 0 spiro atoms. The summed E-state index contributed by atoms with van der Waals surface area (Å²) in [5, 5.41) is 2.66. The predicted molar refractivity (Wildman–Crippen MR) is 76.7 cm³/mol. The molecular weight excluding hydrogens is 258 g/mol. The average Bonchev–Trinajstić information content (AvgIpc) is 2.36. The summed E-state index contributed by atoms with van der Waals surface area (Å²) in [5.74, 6) is -0.767. The molecule has 0 aromatic heterocycles. The topological polar surface area (TPSA) is 64.6 Å². The van der Waals surface area contributed by atoms with E-state index in [-0.39, 0.29) is 19.1 Å². The van der Waals surface area contributed by atoms with Gasteiger partial charge in [-0.15, -0.1) is 0 Å².